The van der Waals surface area contributed by atoms with Crippen LogP contribution in [0.5, 0.6) is 0 Å². The molecule has 0 heterocycles. The second kappa shape index (κ2) is 49.7. The van der Waals surface area contributed by atoms with Crippen LogP contribution in [0, 0.1) is 0 Å². The van der Waals surface area contributed by atoms with Gasteiger partial charge in [-0.3, -0.25) is 13.8 Å². The zero-order chi connectivity index (χ0) is 45.1. The van der Waals surface area contributed by atoms with Crippen molar-refractivity contribution in [2.24, 2.45) is 5.73 Å². The van der Waals surface area contributed by atoms with E-state index in [0.717, 1.165) is 89.9 Å². The third-order valence-electron chi connectivity index (χ3n) is 10.3. The summed E-state index contributed by atoms with van der Waals surface area (Å²) in [5.74, 6) is -0.344. The van der Waals surface area contributed by atoms with E-state index in [2.05, 4.69) is 98.9 Å². The van der Waals surface area contributed by atoms with Crippen molar-refractivity contribution in [2.75, 3.05) is 33.0 Å². The molecule has 0 aromatic rings. The van der Waals surface area contributed by atoms with E-state index in [1.165, 1.54) is 96.3 Å². The largest absolute Gasteiger partial charge is 0.472 e. The van der Waals surface area contributed by atoms with Crippen molar-refractivity contribution < 1.29 is 32.8 Å². The molecule has 0 saturated carbocycles. The summed E-state index contributed by atoms with van der Waals surface area (Å²) in [4.78, 5) is 22.6. The van der Waals surface area contributed by atoms with E-state index in [0.29, 0.717) is 13.0 Å². The van der Waals surface area contributed by atoms with E-state index < -0.39 is 13.9 Å². The smallest absolute Gasteiger partial charge is 0.457 e. The Morgan fingerprint density at radius 1 is 0.500 bits per heavy atom. The van der Waals surface area contributed by atoms with Crippen molar-refractivity contribution in [3.8, 4) is 0 Å². The van der Waals surface area contributed by atoms with E-state index in [4.69, 9.17) is 24.3 Å². The number of nitrogens with two attached hydrogens (primary N) is 1. The number of hydrogen-bond donors (Lipinski definition) is 2. The first-order chi connectivity index (χ1) is 30.4. The molecule has 62 heavy (non-hydrogen) atoms. The number of unbranched alkanes of at least 4 members (excludes halogenated alkanes) is 20. The summed E-state index contributed by atoms with van der Waals surface area (Å²) in [6, 6.07) is 0. The molecule has 0 spiro atoms. The molecule has 0 fully saturated rings. The van der Waals surface area contributed by atoms with Gasteiger partial charge in [0.05, 0.1) is 19.8 Å². The molecule has 9 heteroatoms. The molecule has 0 aromatic carbocycles. The first-order valence-corrected chi connectivity index (χ1v) is 26.6. The average molecular weight is 888 g/mol. The minimum absolute atomic E-state index is 0.0926. The van der Waals surface area contributed by atoms with Gasteiger partial charge >= 0.3 is 13.8 Å². The summed E-state index contributed by atoms with van der Waals surface area (Å²) in [5, 5.41) is 0. The molecule has 0 bridgehead atoms. The van der Waals surface area contributed by atoms with Crippen LogP contribution in [-0.4, -0.2) is 49.9 Å². The highest BCUT2D eigenvalue weighted by Crippen LogP contribution is 2.43. The Bertz CT molecular complexity index is 1220. The van der Waals surface area contributed by atoms with E-state index in [1.807, 2.05) is 0 Å². The number of esters is 1. The van der Waals surface area contributed by atoms with Gasteiger partial charge in [-0.2, -0.15) is 0 Å². The van der Waals surface area contributed by atoms with Crippen molar-refractivity contribution in [1.29, 1.82) is 0 Å². The lowest BCUT2D eigenvalue weighted by atomic mass is 10.1. The molecule has 2 unspecified atom stereocenters. The predicted molar refractivity (Wildman–Crippen MR) is 265 cm³/mol. The molecule has 0 aromatic heterocycles. The second-order valence-corrected chi connectivity index (χ2v) is 17.7. The highest BCUT2D eigenvalue weighted by Gasteiger charge is 2.25. The summed E-state index contributed by atoms with van der Waals surface area (Å²) in [7, 11) is -4.29. The van der Waals surface area contributed by atoms with E-state index in [1.54, 1.807) is 0 Å². The van der Waals surface area contributed by atoms with Crippen molar-refractivity contribution in [3.63, 3.8) is 0 Å². The van der Waals surface area contributed by atoms with Gasteiger partial charge in [0.1, 0.15) is 6.10 Å². The normalized spacial score (nSPS) is 14.1. The molecule has 0 aliphatic heterocycles. The topological polar surface area (TPSA) is 117 Å². The molecule has 358 valence electrons. The van der Waals surface area contributed by atoms with Gasteiger partial charge in [-0.15, -0.1) is 0 Å². The second-order valence-electron chi connectivity index (χ2n) is 16.3. The summed E-state index contributed by atoms with van der Waals surface area (Å²) in [6.07, 6.45) is 64.6. The number of phosphoric ester groups is 1. The van der Waals surface area contributed by atoms with Crippen LogP contribution in [0.3, 0.4) is 0 Å². The number of ether oxygens (including phenoxy) is 2. The van der Waals surface area contributed by atoms with Crippen LogP contribution in [-0.2, 0) is 27.9 Å². The van der Waals surface area contributed by atoms with Crippen LogP contribution in [0.25, 0.3) is 0 Å². The third kappa shape index (κ3) is 48.7. The minimum atomic E-state index is -4.29. The Morgan fingerprint density at radius 3 is 1.35 bits per heavy atom. The molecule has 0 aliphatic carbocycles. The fraction of sp³-hybridized carbons (Fsp3) is 0.717. The summed E-state index contributed by atoms with van der Waals surface area (Å²) in [6.45, 7) is 4.76. The van der Waals surface area contributed by atoms with E-state index in [-0.39, 0.29) is 32.3 Å². The standard InChI is InChI=1S/C53H94NO7P/c1-3-5-7-9-11-13-15-17-19-21-23-25-26-27-28-30-32-34-36-38-40-42-44-46-53(55)61-52(51-60-62(56,57)59-49-47-54)50-58-48-45-43-41-39-37-35-33-31-29-24-22-20-18-16-14-12-10-8-6-4-2/h6,8,12,14-15,17-18,20-21,23-24,26-27,29,52H,3-5,7,9-11,13,16,19,22,25,28,30-51,54H2,1-2H3,(H,56,57)/b8-6-,14-12-,17-15-,20-18-,23-21-,27-26-,29-24-. The quantitative estimate of drug-likeness (QED) is 0.0269. The molecule has 8 nitrogen and oxygen atoms in total. The lowest BCUT2D eigenvalue weighted by Gasteiger charge is -2.20. The summed E-state index contributed by atoms with van der Waals surface area (Å²) in [5.41, 5.74) is 5.39. The zero-order valence-corrected chi connectivity index (χ0v) is 40.7. The molecule has 3 N–H and O–H groups in total. The Balaban J connectivity index is 4.02. The summed E-state index contributed by atoms with van der Waals surface area (Å²) >= 11 is 0. The molecular formula is C53H94NO7P. The van der Waals surface area contributed by atoms with Crippen LogP contribution in [0.4, 0.5) is 0 Å². The highest BCUT2D eigenvalue weighted by molar-refractivity contribution is 7.47. The SMILES string of the molecule is CC/C=C\C/C=C\C/C=C\C/C=C\CCCCCCCCCOCC(COP(=O)(O)OCCN)OC(=O)CCCCCCCCCC/C=C\C/C=C\C/C=C\CCCCCCC. The van der Waals surface area contributed by atoms with Crippen molar-refractivity contribution in [2.45, 2.75) is 213 Å². The first kappa shape index (κ1) is 59.7. The van der Waals surface area contributed by atoms with Gasteiger partial charge in [0, 0.05) is 19.6 Å². The Labute approximate surface area is 381 Å². The number of rotatable bonds is 47. The highest BCUT2D eigenvalue weighted by atomic mass is 31.2. The third-order valence-corrected chi connectivity index (χ3v) is 11.3. The maximum atomic E-state index is 12.7. The lowest BCUT2D eigenvalue weighted by molar-refractivity contribution is -0.154. The Morgan fingerprint density at radius 2 is 0.903 bits per heavy atom. The van der Waals surface area contributed by atoms with Gasteiger partial charge in [0.15, 0.2) is 0 Å². The van der Waals surface area contributed by atoms with Gasteiger partial charge in [-0.1, -0.05) is 195 Å². The molecule has 0 saturated heterocycles. The zero-order valence-electron chi connectivity index (χ0n) is 39.8. The Hall–Kier alpha value is -2.32. The van der Waals surface area contributed by atoms with Gasteiger partial charge in [-0.05, 0) is 89.9 Å². The Kier molecular flexibility index (Phi) is 47.8. The van der Waals surface area contributed by atoms with E-state index in [9.17, 15) is 14.3 Å². The average Bonchev–Trinajstić information content (AvgIpc) is 3.26. The lowest BCUT2D eigenvalue weighted by Crippen LogP contribution is -2.28. The van der Waals surface area contributed by atoms with Crippen molar-refractivity contribution >= 4 is 13.8 Å². The molecule has 0 radical (unpaired) electrons. The predicted octanol–water partition coefficient (Wildman–Crippen LogP) is 15.6. The van der Waals surface area contributed by atoms with Crippen LogP contribution < -0.4 is 5.73 Å². The van der Waals surface area contributed by atoms with Crippen LogP contribution in [0.2, 0.25) is 0 Å². The van der Waals surface area contributed by atoms with Gasteiger partial charge in [0.2, 0.25) is 0 Å². The van der Waals surface area contributed by atoms with Crippen LogP contribution >= 0.6 is 7.82 Å². The first-order valence-electron chi connectivity index (χ1n) is 25.1. The number of carbonyl (C=O) groups excluding carboxylic acids is 1. The van der Waals surface area contributed by atoms with Gasteiger partial charge < -0.3 is 20.1 Å². The molecule has 0 aliphatic rings. The van der Waals surface area contributed by atoms with Crippen LogP contribution in [0.15, 0.2) is 85.1 Å². The number of hydrogen-bond acceptors (Lipinski definition) is 7. The molecule has 0 amide bonds. The summed E-state index contributed by atoms with van der Waals surface area (Å²) < 4.78 is 33.6. The monoisotopic (exact) mass is 888 g/mol. The number of phosphoric acid groups is 1. The molecular weight excluding hydrogens is 794 g/mol. The van der Waals surface area contributed by atoms with Gasteiger partial charge in [-0.25, -0.2) is 4.57 Å². The number of carbonyl (C=O) groups is 1. The number of allylic oxidation sites excluding steroid dienone is 14. The van der Waals surface area contributed by atoms with Crippen molar-refractivity contribution in [3.05, 3.63) is 85.1 Å². The maximum absolute atomic E-state index is 12.7. The molecule has 0 rings (SSSR count). The maximum Gasteiger partial charge on any atom is 0.472 e. The van der Waals surface area contributed by atoms with Gasteiger partial charge in [0.25, 0.3) is 0 Å². The van der Waals surface area contributed by atoms with Crippen LogP contribution in [0.1, 0.15) is 206 Å². The van der Waals surface area contributed by atoms with Crippen molar-refractivity contribution in [1.82, 2.24) is 0 Å². The fourth-order valence-corrected chi connectivity index (χ4v) is 7.41. The minimum Gasteiger partial charge on any atom is -0.457 e. The molecule has 2 atom stereocenters. The fourth-order valence-electron chi connectivity index (χ4n) is 6.64. The van der Waals surface area contributed by atoms with E-state index >= 15 is 0 Å².